The zero-order chi connectivity index (χ0) is 49.0. The summed E-state index contributed by atoms with van der Waals surface area (Å²) in [6.45, 7) is 0. The van der Waals surface area contributed by atoms with Crippen LogP contribution >= 0.6 is 0 Å². The summed E-state index contributed by atoms with van der Waals surface area (Å²) in [5, 5.41) is 16.5. The van der Waals surface area contributed by atoms with Gasteiger partial charge in [0.25, 0.3) is 0 Å². The summed E-state index contributed by atoms with van der Waals surface area (Å²) in [4.78, 5) is 0. The Balaban J connectivity index is 0.000000201. The van der Waals surface area contributed by atoms with Gasteiger partial charge in [0.1, 0.15) is 5.75 Å². The SMILES string of the molecule is COc1ccc(-c2ccc(-c3cc(C(F)(F)F)nn3-c3ccc(NS(C)(=O)=O)cc3)cc2)cc1.CS(=O)(=O)Nc1ccc(-n2nc(C(F)(F)F)cc2-c2ccc(-c3ccc(C#N)cc3)cc2)cc1. The van der Waals surface area contributed by atoms with Crippen molar-refractivity contribution < 1.29 is 47.9 Å². The van der Waals surface area contributed by atoms with Crippen LogP contribution < -0.4 is 14.2 Å². The first-order valence-corrected chi connectivity index (χ1v) is 23.7. The molecule has 0 fully saturated rings. The molecule has 6 aromatic carbocycles. The molecular weight excluding hydrogens is 933 g/mol. The summed E-state index contributed by atoms with van der Waals surface area (Å²) in [5.41, 5.74) is 4.77. The molecule has 8 rings (SSSR count). The zero-order valence-electron chi connectivity index (χ0n) is 35.9. The Morgan fingerprint density at radius 2 is 0.809 bits per heavy atom. The molecule has 0 aliphatic heterocycles. The molecule has 0 aliphatic carbocycles. The van der Waals surface area contributed by atoms with Gasteiger partial charge in [-0.1, -0.05) is 72.8 Å². The first-order valence-electron chi connectivity index (χ1n) is 19.9. The lowest BCUT2D eigenvalue weighted by Crippen LogP contribution is -2.10. The number of anilines is 2. The van der Waals surface area contributed by atoms with Gasteiger partial charge in [0.15, 0.2) is 11.4 Å². The summed E-state index contributed by atoms with van der Waals surface area (Å²) < 4.78 is 138. The van der Waals surface area contributed by atoms with Crippen molar-refractivity contribution in [2.45, 2.75) is 12.4 Å². The Labute approximate surface area is 386 Å². The number of hydrogen-bond acceptors (Lipinski definition) is 8. The molecular formula is C48H37F6N7O5S2. The van der Waals surface area contributed by atoms with E-state index in [4.69, 9.17) is 10.00 Å². The third-order valence-electron chi connectivity index (χ3n) is 9.96. The van der Waals surface area contributed by atoms with Gasteiger partial charge >= 0.3 is 12.4 Å². The fraction of sp³-hybridized carbons (Fsp3) is 0.104. The molecule has 2 aromatic heterocycles. The molecule has 0 saturated heterocycles. The number of alkyl halides is 6. The van der Waals surface area contributed by atoms with Crippen LogP contribution in [0, 0.1) is 11.3 Å². The van der Waals surface area contributed by atoms with Crippen molar-refractivity contribution in [2.24, 2.45) is 0 Å². The highest BCUT2D eigenvalue weighted by atomic mass is 32.2. The van der Waals surface area contributed by atoms with Crippen LogP contribution in [0.5, 0.6) is 5.75 Å². The van der Waals surface area contributed by atoms with E-state index in [0.29, 0.717) is 33.8 Å². The number of nitrogens with one attached hydrogen (secondary N) is 2. The molecule has 12 nitrogen and oxygen atoms in total. The highest BCUT2D eigenvalue weighted by molar-refractivity contribution is 7.92. The monoisotopic (exact) mass is 969 g/mol. The van der Waals surface area contributed by atoms with Gasteiger partial charge in [-0.25, -0.2) is 26.2 Å². The molecule has 0 spiro atoms. The summed E-state index contributed by atoms with van der Waals surface area (Å²) >= 11 is 0. The molecule has 0 unspecified atom stereocenters. The number of hydrogen-bond donors (Lipinski definition) is 2. The Morgan fingerprint density at radius 3 is 1.10 bits per heavy atom. The molecule has 2 N–H and O–H groups in total. The first kappa shape index (κ1) is 48.1. The third kappa shape index (κ3) is 11.9. The van der Waals surface area contributed by atoms with E-state index in [9.17, 15) is 43.2 Å². The van der Waals surface area contributed by atoms with Gasteiger partial charge < -0.3 is 4.74 Å². The van der Waals surface area contributed by atoms with E-state index in [-0.39, 0.29) is 17.1 Å². The lowest BCUT2D eigenvalue weighted by molar-refractivity contribution is -0.142. The Kier molecular flexibility index (Phi) is 13.5. The van der Waals surface area contributed by atoms with Gasteiger partial charge in [0.2, 0.25) is 20.0 Å². The molecule has 0 saturated carbocycles. The average molecular weight is 970 g/mol. The van der Waals surface area contributed by atoms with Crippen molar-refractivity contribution in [3.8, 4) is 68.0 Å². The van der Waals surface area contributed by atoms with Crippen molar-refractivity contribution >= 4 is 31.4 Å². The second-order valence-corrected chi connectivity index (χ2v) is 18.6. The Bertz CT molecular complexity index is 3310. The molecule has 0 radical (unpaired) electrons. The number of nitriles is 1. The van der Waals surface area contributed by atoms with E-state index < -0.39 is 43.8 Å². The number of aromatic nitrogens is 4. The zero-order valence-corrected chi connectivity index (χ0v) is 37.5. The van der Waals surface area contributed by atoms with Crippen molar-refractivity contribution in [1.82, 2.24) is 19.6 Å². The van der Waals surface area contributed by atoms with Crippen LogP contribution in [-0.2, 0) is 32.4 Å². The molecule has 20 heteroatoms. The van der Waals surface area contributed by atoms with Gasteiger partial charge in [-0.2, -0.15) is 41.8 Å². The predicted molar refractivity (Wildman–Crippen MR) is 247 cm³/mol. The third-order valence-corrected chi connectivity index (χ3v) is 11.2. The van der Waals surface area contributed by atoms with E-state index in [1.807, 2.05) is 36.4 Å². The van der Waals surface area contributed by atoms with Crippen LogP contribution in [0.25, 0.3) is 56.1 Å². The minimum Gasteiger partial charge on any atom is -0.497 e. The van der Waals surface area contributed by atoms with Crippen molar-refractivity contribution in [2.75, 3.05) is 29.1 Å². The number of sulfonamides is 2. The predicted octanol–water partition coefficient (Wildman–Crippen LogP) is 11.1. The lowest BCUT2D eigenvalue weighted by Gasteiger charge is -2.10. The minimum atomic E-state index is -4.64. The number of ether oxygens (including phenoxy) is 1. The normalized spacial score (nSPS) is 11.8. The van der Waals surface area contributed by atoms with Crippen LogP contribution in [0.1, 0.15) is 17.0 Å². The number of halogens is 6. The van der Waals surface area contributed by atoms with Crippen molar-refractivity contribution in [3.05, 3.63) is 175 Å². The van der Waals surface area contributed by atoms with Crippen molar-refractivity contribution in [1.29, 1.82) is 5.26 Å². The molecule has 8 aromatic rings. The van der Waals surface area contributed by atoms with E-state index in [1.54, 1.807) is 67.8 Å². The Hall–Kier alpha value is -7.89. The molecule has 68 heavy (non-hydrogen) atoms. The van der Waals surface area contributed by atoms with E-state index >= 15 is 0 Å². The van der Waals surface area contributed by atoms with Crippen LogP contribution in [-0.4, -0.2) is 56.0 Å². The van der Waals surface area contributed by atoms with Crippen LogP contribution in [0.15, 0.2) is 158 Å². The van der Waals surface area contributed by atoms with Crippen molar-refractivity contribution in [3.63, 3.8) is 0 Å². The lowest BCUT2D eigenvalue weighted by atomic mass is 10.0. The summed E-state index contributed by atoms with van der Waals surface area (Å²) in [7, 11) is -5.39. The maximum absolute atomic E-state index is 13.4. The van der Waals surface area contributed by atoms with Gasteiger partial charge in [0, 0.05) is 22.5 Å². The molecule has 0 atom stereocenters. The number of methoxy groups -OCH3 is 1. The average Bonchev–Trinajstić information content (AvgIpc) is 3.97. The standard InChI is InChI=1S/C24H17F3N4O2S.C24H20F3N3O3S/c1-34(32,33)30-20-10-12-21(13-11-20)31-22(14-23(29-31)24(25,26)27)19-8-6-18(7-9-19)17-4-2-16(15-28)3-5-17;1-33-21-13-7-17(8-14-21)16-3-5-18(6-4-16)22-15-23(24(25,26)27)28-30(22)20-11-9-19(10-12-20)29-34(2,31)32/h2-14,30H,1H3;3-15,29H,1-2H3. The fourth-order valence-electron chi connectivity index (χ4n) is 6.80. The van der Waals surface area contributed by atoms with Crippen LogP contribution in [0.4, 0.5) is 37.7 Å². The van der Waals surface area contributed by atoms with Gasteiger partial charge in [-0.3, -0.25) is 9.44 Å². The van der Waals surface area contributed by atoms with Gasteiger partial charge in [-0.15, -0.1) is 0 Å². The second-order valence-electron chi connectivity index (χ2n) is 15.1. The summed E-state index contributed by atoms with van der Waals surface area (Å²) in [6.07, 6.45) is -7.25. The maximum atomic E-state index is 13.4. The maximum Gasteiger partial charge on any atom is 0.435 e. The highest BCUT2D eigenvalue weighted by Gasteiger charge is 2.36. The number of nitrogens with zero attached hydrogens (tertiary/aromatic N) is 5. The van der Waals surface area contributed by atoms with Gasteiger partial charge in [-0.05, 0) is 107 Å². The highest BCUT2D eigenvalue weighted by Crippen LogP contribution is 2.36. The minimum absolute atomic E-state index is 0.225. The summed E-state index contributed by atoms with van der Waals surface area (Å²) in [6, 6.07) is 44.3. The molecule has 348 valence electrons. The first-order chi connectivity index (χ1) is 32.1. The van der Waals surface area contributed by atoms with E-state index in [0.717, 1.165) is 52.6 Å². The van der Waals surface area contributed by atoms with Crippen LogP contribution in [0.2, 0.25) is 0 Å². The molecule has 0 bridgehead atoms. The number of rotatable bonds is 11. The molecule has 2 heterocycles. The summed E-state index contributed by atoms with van der Waals surface area (Å²) in [5.74, 6) is 0.724. The fourth-order valence-corrected chi connectivity index (χ4v) is 7.93. The largest absolute Gasteiger partial charge is 0.497 e. The molecule has 0 amide bonds. The van der Waals surface area contributed by atoms with Crippen LogP contribution in [0.3, 0.4) is 0 Å². The second kappa shape index (κ2) is 19.1. The number of benzene rings is 6. The smallest absolute Gasteiger partial charge is 0.435 e. The van der Waals surface area contributed by atoms with Gasteiger partial charge in [0.05, 0.1) is 54.0 Å². The topological polar surface area (TPSA) is 161 Å². The van der Waals surface area contributed by atoms with E-state index in [1.165, 1.54) is 57.9 Å². The molecule has 0 aliphatic rings. The Morgan fingerprint density at radius 1 is 0.500 bits per heavy atom. The quantitative estimate of drug-likeness (QED) is 0.121. The van der Waals surface area contributed by atoms with E-state index in [2.05, 4.69) is 25.7 Å².